The summed E-state index contributed by atoms with van der Waals surface area (Å²) in [5.41, 5.74) is -4.22. The van der Waals surface area contributed by atoms with E-state index in [1.807, 2.05) is 0 Å². The van der Waals surface area contributed by atoms with Gasteiger partial charge in [0.05, 0.1) is 21.8 Å². The lowest BCUT2D eigenvalue weighted by Crippen LogP contribution is -2.40. The van der Waals surface area contributed by atoms with Gasteiger partial charge in [-0.05, 0) is 69.3 Å². The second-order valence-corrected chi connectivity index (χ2v) is 11.6. The molecule has 6 nitrogen and oxygen atoms in total. The summed E-state index contributed by atoms with van der Waals surface area (Å²) in [5.74, 6) is -1.93. The van der Waals surface area contributed by atoms with Crippen molar-refractivity contribution in [2.45, 2.75) is 43.6 Å². The molecule has 0 aliphatic rings. The van der Waals surface area contributed by atoms with Crippen molar-refractivity contribution in [3.8, 4) is 33.9 Å². The third-order valence-electron chi connectivity index (χ3n) is 5.49. The van der Waals surface area contributed by atoms with E-state index >= 15 is 0 Å². The number of hydrogen-bond acceptors (Lipinski definition) is 5. The Bertz CT molecular complexity index is 1710. The molecule has 0 amide bonds. The van der Waals surface area contributed by atoms with Crippen LogP contribution in [0.5, 0.6) is 0 Å². The van der Waals surface area contributed by atoms with E-state index in [0.717, 1.165) is 0 Å². The SMILES string of the molecule is CC(C)(C)NS(=O)(=O)c1cccc(-c2cc(-c3nc(-c4ccc(C(F)(F)F)cc4F)cc(C(F)(F)F)n3)ccn2)c1. The summed E-state index contributed by atoms with van der Waals surface area (Å²) in [6, 6.07) is 10.1. The van der Waals surface area contributed by atoms with Crippen LogP contribution in [0.4, 0.5) is 30.7 Å². The first-order valence-electron chi connectivity index (χ1n) is 11.8. The Labute approximate surface area is 230 Å². The number of rotatable bonds is 5. The summed E-state index contributed by atoms with van der Waals surface area (Å²) in [5, 5.41) is 0. The maximum absolute atomic E-state index is 14.6. The average molecular weight is 599 g/mol. The molecule has 1 N–H and O–H groups in total. The third kappa shape index (κ3) is 7.06. The van der Waals surface area contributed by atoms with Crippen molar-refractivity contribution < 1.29 is 39.2 Å². The smallest absolute Gasteiger partial charge is 0.256 e. The molecule has 0 aliphatic heterocycles. The van der Waals surface area contributed by atoms with Gasteiger partial charge in [0.25, 0.3) is 0 Å². The Morgan fingerprint density at radius 2 is 1.46 bits per heavy atom. The molecule has 2 aromatic carbocycles. The first-order valence-corrected chi connectivity index (χ1v) is 13.3. The van der Waals surface area contributed by atoms with Gasteiger partial charge in [-0.2, -0.15) is 26.3 Å². The molecule has 0 unspecified atom stereocenters. The van der Waals surface area contributed by atoms with E-state index in [0.29, 0.717) is 23.8 Å². The number of halogens is 7. The maximum Gasteiger partial charge on any atom is 0.433 e. The molecular weight excluding hydrogens is 577 g/mol. The molecule has 0 saturated carbocycles. The lowest BCUT2D eigenvalue weighted by molar-refractivity contribution is -0.141. The van der Waals surface area contributed by atoms with Crippen LogP contribution < -0.4 is 4.72 Å². The van der Waals surface area contributed by atoms with Crippen molar-refractivity contribution in [1.29, 1.82) is 0 Å². The first kappa shape index (κ1) is 30.1. The van der Waals surface area contributed by atoms with Crippen LogP contribution in [0, 0.1) is 5.82 Å². The maximum atomic E-state index is 14.6. The number of hydrogen-bond donors (Lipinski definition) is 1. The van der Waals surface area contributed by atoms with Crippen LogP contribution in [0.3, 0.4) is 0 Å². The van der Waals surface area contributed by atoms with Crippen LogP contribution in [-0.4, -0.2) is 28.9 Å². The average Bonchev–Trinajstić information content (AvgIpc) is 2.86. The number of alkyl halides is 6. The minimum absolute atomic E-state index is 0.00995. The number of aromatic nitrogens is 3. The predicted octanol–water partition coefficient (Wildman–Crippen LogP) is 7.13. The summed E-state index contributed by atoms with van der Waals surface area (Å²) in [6.07, 6.45) is -8.62. The number of benzene rings is 2. The molecule has 0 spiro atoms. The monoisotopic (exact) mass is 598 g/mol. The van der Waals surface area contributed by atoms with E-state index in [1.165, 1.54) is 42.6 Å². The second kappa shape index (κ2) is 10.5. The van der Waals surface area contributed by atoms with Crippen molar-refractivity contribution in [2.75, 3.05) is 0 Å². The highest BCUT2D eigenvalue weighted by molar-refractivity contribution is 7.89. The Kier molecular flexibility index (Phi) is 7.69. The molecule has 4 rings (SSSR count). The summed E-state index contributed by atoms with van der Waals surface area (Å²) in [6.45, 7) is 5.00. The van der Waals surface area contributed by atoms with Crippen molar-refractivity contribution >= 4 is 10.0 Å². The zero-order chi connectivity index (χ0) is 30.4. The molecule has 216 valence electrons. The van der Waals surface area contributed by atoms with Crippen LogP contribution in [-0.2, 0) is 22.4 Å². The summed E-state index contributed by atoms with van der Waals surface area (Å²) in [7, 11) is -3.92. The molecule has 0 saturated heterocycles. The molecule has 0 fully saturated rings. The topological polar surface area (TPSA) is 84.8 Å². The van der Waals surface area contributed by atoms with Crippen LogP contribution in [0.15, 0.2) is 71.8 Å². The van der Waals surface area contributed by atoms with Crippen molar-refractivity contribution in [3.05, 3.63) is 83.9 Å². The zero-order valence-corrected chi connectivity index (χ0v) is 22.4. The molecule has 2 aromatic heterocycles. The van der Waals surface area contributed by atoms with Gasteiger partial charge in [0.2, 0.25) is 10.0 Å². The highest BCUT2D eigenvalue weighted by Gasteiger charge is 2.35. The van der Waals surface area contributed by atoms with Gasteiger partial charge in [-0.3, -0.25) is 4.98 Å². The summed E-state index contributed by atoms with van der Waals surface area (Å²) >= 11 is 0. The predicted molar refractivity (Wildman–Crippen MR) is 136 cm³/mol. The Balaban J connectivity index is 1.81. The number of pyridine rings is 1. The highest BCUT2D eigenvalue weighted by Crippen LogP contribution is 2.36. The number of nitrogens with zero attached hydrogens (tertiary/aromatic N) is 3. The molecule has 14 heteroatoms. The largest absolute Gasteiger partial charge is 0.433 e. The lowest BCUT2D eigenvalue weighted by Gasteiger charge is -2.20. The molecule has 0 atom stereocenters. The van der Waals surface area contributed by atoms with Gasteiger partial charge in [0.1, 0.15) is 11.5 Å². The molecule has 0 aliphatic carbocycles. The van der Waals surface area contributed by atoms with Gasteiger partial charge < -0.3 is 0 Å². The minimum atomic E-state index is -4.99. The fourth-order valence-corrected chi connectivity index (χ4v) is 5.23. The highest BCUT2D eigenvalue weighted by atomic mass is 32.2. The lowest BCUT2D eigenvalue weighted by atomic mass is 10.1. The van der Waals surface area contributed by atoms with E-state index in [-0.39, 0.29) is 22.2 Å². The number of sulfonamides is 1. The number of nitrogens with one attached hydrogen (secondary N) is 1. The Morgan fingerprint density at radius 3 is 2.07 bits per heavy atom. The van der Waals surface area contributed by atoms with Crippen LogP contribution in [0.1, 0.15) is 32.0 Å². The molecular formula is C27H21F7N4O2S. The molecule has 2 heterocycles. The zero-order valence-electron chi connectivity index (χ0n) is 21.6. The van der Waals surface area contributed by atoms with E-state index in [1.54, 1.807) is 20.8 Å². The molecule has 0 bridgehead atoms. The fraction of sp³-hybridized carbons (Fsp3) is 0.222. The summed E-state index contributed by atoms with van der Waals surface area (Å²) in [4.78, 5) is 11.6. The van der Waals surface area contributed by atoms with Crippen molar-refractivity contribution in [1.82, 2.24) is 19.7 Å². The van der Waals surface area contributed by atoms with Crippen molar-refractivity contribution in [2.24, 2.45) is 0 Å². The second-order valence-electron chi connectivity index (χ2n) is 9.97. The van der Waals surface area contributed by atoms with Crippen LogP contribution in [0.25, 0.3) is 33.9 Å². The minimum Gasteiger partial charge on any atom is -0.256 e. The van der Waals surface area contributed by atoms with Crippen LogP contribution in [0.2, 0.25) is 0 Å². The first-order chi connectivity index (χ1) is 18.8. The van der Waals surface area contributed by atoms with Gasteiger partial charge in [0.15, 0.2) is 5.82 Å². The van der Waals surface area contributed by atoms with Gasteiger partial charge in [-0.15, -0.1) is 0 Å². The van der Waals surface area contributed by atoms with E-state index in [2.05, 4.69) is 19.7 Å². The Hall–Kier alpha value is -3.91. The van der Waals surface area contributed by atoms with Gasteiger partial charge in [0, 0.05) is 28.4 Å². The summed E-state index contributed by atoms with van der Waals surface area (Å²) < 4.78 is 123. The van der Waals surface area contributed by atoms with Crippen LogP contribution >= 0.6 is 0 Å². The molecule has 0 radical (unpaired) electrons. The van der Waals surface area contributed by atoms with Gasteiger partial charge in [-0.25, -0.2) is 27.5 Å². The molecule has 41 heavy (non-hydrogen) atoms. The molecule has 4 aromatic rings. The standard InChI is InChI=1S/C27H21F7N4O2S/c1-25(2,3)38-41(39,40)18-6-4-5-15(11-18)21-12-16(9-10-35-21)24-36-22(14-23(37-24)27(32,33)34)19-8-7-17(13-20(19)28)26(29,30)31/h4-14,38H,1-3H3. The van der Waals surface area contributed by atoms with E-state index in [9.17, 15) is 39.2 Å². The quantitative estimate of drug-likeness (QED) is 0.247. The third-order valence-corrected chi connectivity index (χ3v) is 7.24. The fourth-order valence-electron chi connectivity index (χ4n) is 3.77. The Morgan fingerprint density at radius 1 is 0.756 bits per heavy atom. The van der Waals surface area contributed by atoms with Gasteiger partial charge in [-0.1, -0.05) is 12.1 Å². The van der Waals surface area contributed by atoms with E-state index < -0.39 is 62.1 Å². The van der Waals surface area contributed by atoms with Crippen molar-refractivity contribution in [3.63, 3.8) is 0 Å². The normalized spacial score (nSPS) is 12.9. The van der Waals surface area contributed by atoms with E-state index in [4.69, 9.17) is 0 Å². The van der Waals surface area contributed by atoms with Gasteiger partial charge >= 0.3 is 12.4 Å².